The lowest BCUT2D eigenvalue weighted by molar-refractivity contribution is 0.0916. The van der Waals surface area contributed by atoms with E-state index in [1.54, 1.807) is 0 Å². The molecule has 0 aliphatic carbocycles. The van der Waals surface area contributed by atoms with Gasteiger partial charge >= 0.3 is 0 Å². The highest BCUT2D eigenvalue weighted by atomic mass is 31.1. The van der Waals surface area contributed by atoms with Crippen LogP contribution in [0, 0.1) is 32.1 Å². The highest BCUT2D eigenvalue weighted by Crippen LogP contribution is 2.33. The average Bonchev–Trinajstić information content (AvgIpc) is 2.25. The van der Waals surface area contributed by atoms with Gasteiger partial charge in [-0.05, 0) is 49.7 Å². The third-order valence-electron chi connectivity index (χ3n) is 3.88. The molecule has 1 unspecified atom stereocenters. The lowest BCUT2D eigenvalue weighted by Gasteiger charge is -2.27. The second-order valence-electron chi connectivity index (χ2n) is 7.16. The first-order valence-electron chi connectivity index (χ1n) is 7.56. The summed E-state index contributed by atoms with van der Waals surface area (Å²) in [6.45, 7) is 12.4. The lowest BCUT2D eigenvalue weighted by Crippen LogP contribution is -2.21. The van der Waals surface area contributed by atoms with Crippen molar-refractivity contribution < 1.29 is 9.36 Å². The van der Waals surface area contributed by atoms with Crippen LogP contribution >= 0.6 is 8.46 Å². The molecule has 3 heteroatoms. The van der Waals surface area contributed by atoms with Gasteiger partial charge in [-0.2, -0.15) is 0 Å². The van der Waals surface area contributed by atoms with Crippen molar-refractivity contribution in [2.75, 3.05) is 6.16 Å². The minimum Gasteiger partial charge on any atom is -0.294 e. The molecule has 0 amide bonds. The molecule has 1 aromatic carbocycles. The first-order valence-corrected chi connectivity index (χ1v) is 8.56. The first-order chi connectivity index (χ1) is 9.66. The van der Waals surface area contributed by atoms with Gasteiger partial charge in [-0.3, -0.25) is 9.36 Å². The van der Waals surface area contributed by atoms with E-state index < -0.39 is 0 Å². The zero-order chi connectivity index (χ0) is 16.2. The molecule has 0 aliphatic rings. The van der Waals surface area contributed by atoms with Crippen molar-refractivity contribution in [3.8, 4) is 0 Å². The number of aryl methyl sites for hydroxylation is 3. The highest BCUT2D eigenvalue weighted by molar-refractivity contribution is 7.23. The number of carbonyl (C=O) groups is 1. The lowest BCUT2D eigenvalue weighted by atomic mass is 9.78. The van der Waals surface area contributed by atoms with E-state index in [0.29, 0.717) is 18.5 Å². The Morgan fingerprint density at radius 3 is 2.19 bits per heavy atom. The molecule has 0 radical (unpaired) electrons. The van der Waals surface area contributed by atoms with Gasteiger partial charge in [0.1, 0.15) is 0 Å². The van der Waals surface area contributed by atoms with Gasteiger partial charge in [-0.15, -0.1) is 0 Å². The van der Waals surface area contributed by atoms with Gasteiger partial charge in [0.15, 0.2) is 14.2 Å². The minimum atomic E-state index is -0.0645. The summed E-state index contributed by atoms with van der Waals surface area (Å²) >= 11 is 0. The second-order valence-corrected chi connectivity index (χ2v) is 7.78. The Morgan fingerprint density at radius 1 is 1.19 bits per heavy atom. The van der Waals surface area contributed by atoms with Crippen LogP contribution in [0.4, 0.5) is 0 Å². The maximum absolute atomic E-state index is 12.7. The summed E-state index contributed by atoms with van der Waals surface area (Å²) < 4.78 is 10.7. The monoisotopic (exact) mass is 306 g/mol. The molecule has 0 aliphatic heterocycles. The van der Waals surface area contributed by atoms with Gasteiger partial charge < -0.3 is 0 Å². The number of carbonyl (C=O) groups excluding carboxylic acids is 1. The fourth-order valence-electron chi connectivity index (χ4n) is 3.35. The third kappa shape index (κ3) is 5.36. The molecular weight excluding hydrogens is 279 g/mol. The first kappa shape index (κ1) is 18.0. The van der Waals surface area contributed by atoms with Crippen LogP contribution in [0.2, 0.25) is 0 Å². The van der Waals surface area contributed by atoms with Crippen molar-refractivity contribution in [1.29, 1.82) is 0 Å². The molecule has 1 aromatic rings. The van der Waals surface area contributed by atoms with Crippen LogP contribution in [0.15, 0.2) is 12.1 Å². The van der Waals surface area contributed by atoms with E-state index >= 15 is 0 Å². The fraction of sp³-hybridized carbons (Fsp3) is 0.611. The van der Waals surface area contributed by atoms with Gasteiger partial charge in [0.05, 0.1) is 0 Å². The van der Waals surface area contributed by atoms with Crippen molar-refractivity contribution in [3.05, 3.63) is 34.4 Å². The van der Waals surface area contributed by atoms with Crippen LogP contribution in [0.3, 0.4) is 0 Å². The zero-order valence-corrected chi connectivity index (χ0v) is 15.0. The average molecular weight is 306 g/mol. The Bertz CT molecular complexity index is 509. The smallest absolute Gasteiger partial charge is 0.163 e. The number of rotatable bonds is 7. The Morgan fingerprint density at radius 2 is 1.71 bits per heavy atom. The second kappa shape index (κ2) is 7.31. The minimum absolute atomic E-state index is 0.0645. The van der Waals surface area contributed by atoms with E-state index in [9.17, 15) is 9.36 Å². The van der Waals surface area contributed by atoms with Crippen LogP contribution < -0.4 is 0 Å². The quantitative estimate of drug-likeness (QED) is 0.490. The van der Waals surface area contributed by atoms with E-state index in [4.69, 9.17) is 0 Å². The number of hydrogen-bond donors (Lipinski definition) is 0. The summed E-state index contributed by atoms with van der Waals surface area (Å²) in [5, 5.41) is 0. The Hall–Kier alpha value is -1.01. The molecule has 116 valence electrons. The number of benzene rings is 1. The van der Waals surface area contributed by atoms with Gasteiger partial charge in [0.25, 0.3) is 0 Å². The molecule has 0 N–H and O–H groups in total. The molecule has 0 aromatic heterocycles. The van der Waals surface area contributed by atoms with Crippen molar-refractivity contribution >= 4 is 14.2 Å². The molecular formula is C18H27O2P. The molecule has 21 heavy (non-hydrogen) atoms. The van der Waals surface area contributed by atoms with Crippen LogP contribution in [0.1, 0.15) is 60.7 Å². The van der Waals surface area contributed by atoms with Crippen molar-refractivity contribution in [2.45, 2.75) is 54.4 Å². The summed E-state index contributed by atoms with van der Waals surface area (Å²) in [6, 6.07) is 4.15. The summed E-state index contributed by atoms with van der Waals surface area (Å²) in [5.74, 6) is 0.592. The van der Waals surface area contributed by atoms with E-state index in [-0.39, 0.29) is 19.7 Å². The number of Topliss-reactive ketones (excluding diaryl/α,β-unsaturated/α-hetero) is 1. The normalized spacial score (nSPS) is 13.4. The maximum Gasteiger partial charge on any atom is 0.163 e. The van der Waals surface area contributed by atoms with Crippen molar-refractivity contribution in [1.82, 2.24) is 0 Å². The third-order valence-corrected chi connectivity index (χ3v) is 4.65. The van der Waals surface area contributed by atoms with Gasteiger partial charge in [-0.25, -0.2) is 0 Å². The van der Waals surface area contributed by atoms with Gasteiger partial charge in [0, 0.05) is 18.1 Å². The number of hydrogen-bond acceptors (Lipinski definition) is 2. The molecule has 0 bridgehead atoms. The highest BCUT2D eigenvalue weighted by Gasteiger charge is 2.26. The summed E-state index contributed by atoms with van der Waals surface area (Å²) in [7, 11) is 0.195. The molecule has 0 saturated heterocycles. The summed E-state index contributed by atoms with van der Waals surface area (Å²) in [4.78, 5) is 12.7. The zero-order valence-electron chi connectivity index (χ0n) is 14.1. The Balaban J connectivity index is 2.88. The standard InChI is InChI=1S/C18H27O2P/c1-12-7-14(3)17(15(4)8-12)16(19)10-18(5,6)9-13(2)11-21-20/h7-8,13H,9-11H2,1-6H3. The number of ketones is 1. The van der Waals surface area contributed by atoms with Crippen molar-refractivity contribution in [2.24, 2.45) is 11.3 Å². The topological polar surface area (TPSA) is 34.1 Å². The Kier molecular flexibility index (Phi) is 6.28. The summed E-state index contributed by atoms with van der Waals surface area (Å²) in [6.07, 6.45) is 2.12. The van der Waals surface area contributed by atoms with E-state index in [1.165, 1.54) is 5.56 Å². The SMILES string of the molecule is Cc1cc(C)c(C(=O)CC(C)(C)CC(C)CP=O)c(C)c1. The fourth-order valence-corrected chi connectivity index (χ4v) is 3.73. The van der Waals surface area contributed by atoms with Crippen LogP contribution in [-0.2, 0) is 4.57 Å². The molecule has 0 heterocycles. The molecule has 1 rings (SSSR count). The predicted octanol–water partition coefficient (Wildman–Crippen LogP) is 5.53. The Labute approximate surface area is 130 Å². The summed E-state index contributed by atoms with van der Waals surface area (Å²) in [5.41, 5.74) is 4.15. The largest absolute Gasteiger partial charge is 0.294 e. The van der Waals surface area contributed by atoms with Crippen LogP contribution in [0.25, 0.3) is 0 Å². The molecule has 0 fully saturated rings. The van der Waals surface area contributed by atoms with Crippen LogP contribution in [0.5, 0.6) is 0 Å². The maximum atomic E-state index is 12.7. The molecule has 0 spiro atoms. The van der Waals surface area contributed by atoms with E-state index in [2.05, 4.69) is 39.8 Å². The van der Waals surface area contributed by atoms with Gasteiger partial charge in [0.2, 0.25) is 0 Å². The van der Waals surface area contributed by atoms with Crippen molar-refractivity contribution in [3.63, 3.8) is 0 Å². The van der Waals surface area contributed by atoms with E-state index in [0.717, 1.165) is 23.1 Å². The van der Waals surface area contributed by atoms with Gasteiger partial charge in [-0.1, -0.05) is 38.5 Å². The van der Waals surface area contributed by atoms with Crippen LogP contribution in [-0.4, -0.2) is 11.9 Å². The predicted molar refractivity (Wildman–Crippen MR) is 89.6 cm³/mol. The molecule has 1 atom stereocenters. The van der Waals surface area contributed by atoms with E-state index in [1.807, 2.05) is 13.8 Å². The molecule has 2 nitrogen and oxygen atoms in total. The molecule has 0 saturated carbocycles.